The van der Waals surface area contributed by atoms with E-state index in [4.69, 9.17) is 0 Å². The molecule has 0 aliphatic rings. The molecule has 0 fully saturated rings. The van der Waals surface area contributed by atoms with Crippen molar-refractivity contribution in [2.45, 2.75) is 18.0 Å². The number of alkyl halides is 6. The van der Waals surface area contributed by atoms with Gasteiger partial charge in [-0.15, -0.1) is 0 Å². The molecule has 3 nitrogen and oxygen atoms in total. The van der Waals surface area contributed by atoms with Crippen LogP contribution in [0.5, 0.6) is 5.75 Å². The molecule has 1 aromatic carbocycles. The number of halogens is 6. The molecule has 0 aliphatic heterocycles. The lowest BCUT2D eigenvalue weighted by Crippen LogP contribution is -2.72. The Kier molecular flexibility index (Phi) is 3.80. The normalized spacial score (nSPS) is 13.2. The van der Waals surface area contributed by atoms with E-state index >= 15 is 0 Å². The molecule has 0 aliphatic carbocycles. The second-order valence-electron chi connectivity index (χ2n) is 3.38. The van der Waals surface area contributed by atoms with Gasteiger partial charge in [-0.05, 0) is 12.1 Å². The number of carbonyl (C=O) groups excluding carboxylic acids is 1. The van der Waals surface area contributed by atoms with Gasteiger partial charge >= 0.3 is 18.3 Å². The summed E-state index contributed by atoms with van der Waals surface area (Å²) in [5, 5.41) is 10.9. The van der Waals surface area contributed by atoms with Gasteiger partial charge in [0.15, 0.2) is 5.60 Å². The van der Waals surface area contributed by atoms with E-state index < -0.39 is 29.7 Å². The second kappa shape index (κ2) is 4.72. The van der Waals surface area contributed by atoms with Crippen molar-refractivity contribution in [1.29, 1.82) is 0 Å². The number of benzene rings is 1. The highest BCUT2D eigenvalue weighted by atomic mass is 19.4. The first-order chi connectivity index (χ1) is 8.50. The van der Waals surface area contributed by atoms with E-state index in [1.165, 1.54) is 18.2 Å². The van der Waals surface area contributed by atoms with E-state index in [2.05, 4.69) is 4.74 Å². The van der Waals surface area contributed by atoms with Gasteiger partial charge in [-0.2, -0.15) is 26.3 Å². The SMILES string of the molecule is O=C(Oc1ccccc1)C([O-])(C(F)(F)F)C(F)(F)F. The molecule has 0 spiro atoms. The summed E-state index contributed by atoms with van der Waals surface area (Å²) in [7, 11) is 0. The Bertz CT molecular complexity index is 437. The van der Waals surface area contributed by atoms with Crippen LogP contribution < -0.4 is 9.84 Å². The zero-order chi connectivity index (χ0) is 14.9. The Labute approximate surface area is 102 Å². The third-order valence-electron chi connectivity index (χ3n) is 2.04. The van der Waals surface area contributed by atoms with Gasteiger partial charge in [-0.3, -0.25) is 4.79 Å². The Balaban J connectivity index is 3.11. The summed E-state index contributed by atoms with van der Waals surface area (Å²) in [6, 6.07) is 5.66. The monoisotopic (exact) mass is 287 g/mol. The van der Waals surface area contributed by atoms with Crippen LogP contribution in [0.4, 0.5) is 26.3 Å². The van der Waals surface area contributed by atoms with Gasteiger partial charge in [0.1, 0.15) is 5.75 Å². The first-order valence-corrected chi connectivity index (χ1v) is 4.61. The third-order valence-corrected chi connectivity index (χ3v) is 2.04. The smallest absolute Gasteiger partial charge is 0.399 e. The van der Waals surface area contributed by atoms with Crippen molar-refractivity contribution < 1.29 is 41.0 Å². The topological polar surface area (TPSA) is 49.4 Å². The quantitative estimate of drug-likeness (QED) is 0.473. The fourth-order valence-electron chi connectivity index (χ4n) is 1.06. The summed E-state index contributed by atoms with van der Waals surface area (Å²) >= 11 is 0. The maximum atomic E-state index is 12.2. The molecule has 1 aromatic rings. The maximum absolute atomic E-state index is 12.2. The Morgan fingerprint density at radius 1 is 0.947 bits per heavy atom. The minimum atomic E-state index is -6.36. The number of carbonyl (C=O) groups is 1. The van der Waals surface area contributed by atoms with Crippen molar-refractivity contribution in [2.24, 2.45) is 0 Å². The number of esters is 1. The number of hydrogen-bond donors (Lipinski definition) is 0. The highest BCUT2D eigenvalue weighted by Gasteiger charge is 2.68. The molecule has 9 heteroatoms. The summed E-state index contributed by atoms with van der Waals surface area (Å²) in [5.41, 5.74) is -5.82. The maximum Gasteiger partial charge on any atom is 0.399 e. The van der Waals surface area contributed by atoms with E-state index in [1.54, 1.807) is 0 Å². The predicted octanol–water partition coefficient (Wildman–Crippen LogP) is 1.82. The first kappa shape index (κ1) is 15.3. The standard InChI is InChI=1S/C10H5F6O3/c11-9(12,13)8(18,10(14,15)16)7(17)19-6-4-2-1-3-5-6/h1-5H/q-1. The highest BCUT2D eigenvalue weighted by Crippen LogP contribution is 2.41. The van der Waals surface area contributed by atoms with Crippen molar-refractivity contribution in [3.05, 3.63) is 30.3 Å². The Morgan fingerprint density at radius 2 is 1.37 bits per heavy atom. The van der Waals surface area contributed by atoms with Crippen LogP contribution in [0, 0.1) is 0 Å². The molecule has 0 atom stereocenters. The molecule has 0 radical (unpaired) electrons. The molecule has 19 heavy (non-hydrogen) atoms. The lowest BCUT2D eigenvalue weighted by Gasteiger charge is -2.39. The first-order valence-electron chi connectivity index (χ1n) is 4.61. The average molecular weight is 287 g/mol. The van der Waals surface area contributed by atoms with Gasteiger partial charge in [0, 0.05) is 0 Å². The van der Waals surface area contributed by atoms with Crippen LogP contribution in [0.1, 0.15) is 0 Å². The van der Waals surface area contributed by atoms with Crippen molar-refractivity contribution >= 4 is 5.97 Å². The van der Waals surface area contributed by atoms with Crippen LogP contribution in [0.3, 0.4) is 0 Å². The summed E-state index contributed by atoms with van der Waals surface area (Å²) in [4.78, 5) is 11.0. The zero-order valence-corrected chi connectivity index (χ0v) is 8.88. The molecule has 0 saturated heterocycles. The Hall–Kier alpha value is -1.77. The molecule has 106 valence electrons. The lowest BCUT2D eigenvalue weighted by molar-refractivity contribution is -0.573. The van der Waals surface area contributed by atoms with Gasteiger partial charge < -0.3 is 9.84 Å². The Morgan fingerprint density at radius 3 is 1.74 bits per heavy atom. The van der Waals surface area contributed by atoms with Crippen molar-refractivity contribution in [1.82, 2.24) is 0 Å². The second-order valence-corrected chi connectivity index (χ2v) is 3.38. The van der Waals surface area contributed by atoms with Crippen LogP contribution in [0.15, 0.2) is 30.3 Å². The van der Waals surface area contributed by atoms with Crippen molar-refractivity contribution in [3.63, 3.8) is 0 Å². The summed E-state index contributed by atoms with van der Waals surface area (Å²) in [6.45, 7) is 0. The van der Waals surface area contributed by atoms with Gasteiger partial charge in [0.25, 0.3) is 0 Å². The van der Waals surface area contributed by atoms with E-state index in [1.807, 2.05) is 0 Å². The van der Waals surface area contributed by atoms with E-state index in [-0.39, 0.29) is 0 Å². The molecule has 0 bridgehead atoms. The van der Waals surface area contributed by atoms with E-state index in [0.717, 1.165) is 12.1 Å². The zero-order valence-electron chi connectivity index (χ0n) is 8.88. The fourth-order valence-corrected chi connectivity index (χ4v) is 1.06. The van der Waals surface area contributed by atoms with Crippen LogP contribution in [-0.4, -0.2) is 23.9 Å². The third kappa shape index (κ3) is 2.80. The number of ether oxygens (including phenoxy) is 1. The number of para-hydroxylation sites is 1. The molecule has 0 amide bonds. The predicted molar refractivity (Wildman–Crippen MR) is 46.9 cm³/mol. The molecule has 0 saturated carbocycles. The average Bonchev–Trinajstić information content (AvgIpc) is 2.26. The molecular weight excluding hydrogens is 282 g/mol. The van der Waals surface area contributed by atoms with Gasteiger partial charge in [-0.25, -0.2) is 0 Å². The summed E-state index contributed by atoms with van der Waals surface area (Å²) in [5.74, 6) is -3.57. The molecule has 0 aromatic heterocycles. The summed E-state index contributed by atoms with van der Waals surface area (Å²) in [6.07, 6.45) is -12.7. The molecule has 1 rings (SSSR count). The highest BCUT2D eigenvalue weighted by molar-refractivity contribution is 5.83. The van der Waals surface area contributed by atoms with Crippen LogP contribution in [0.25, 0.3) is 0 Å². The van der Waals surface area contributed by atoms with E-state index in [0.29, 0.717) is 0 Å². The van der Waals surface area contributed by atoms with Crippen LogP contribution >= 0.6 is 0 Å². The van der Waals surface area contributed by atoms with Crippen LogP contribution in [-0.2, 0) is 4.79 Å². The lowest BCUT2D eigenvalue weighted by atomic mass is 10.0. The van der Waals surface area contributed by atoms with Crippen LogP contribution in [0.2, 0.25) is 0 Å². The van der Waals surface area contributed by atoms with E-state index in [9.17, 15) is 36.2 Å². The number of rotatable bonds is 2. The van der Waals surface area contributed by atoms with Crippen molar-refractivity contribution in [2.75, 3.05) is 0 Å². The van der Waals surface area contributed by atoms with Crippen molar-refractivity contribution in [3.8, 4) is 5.75 Å². The fraction of sp³-hybridized carbons (Fsp3) is 0.300. The van der Waals surface area contributed by atoms with Gasteiger partial charge in [0.2, 0.25) is 0 Å². The number of hydrogen-bond acceptors (Lipinski definition) is 3. The summed E-state index contributed by atoms with van der Waals surface area (Å²) < 4.78 is 77.2. The minimum absolute atomic E-state index is 0.596. The molecular formula is C10H5F6O3-. The molecule has 0 N–H and O–H groups in total. The molecule has 0 unspecified atom stereocenters. The molecule has 0 heterocycles. The van der Waals surface area contributed by atoms with Gasteiger partial charge in [-0.1, -0.05) is 18.2 Å². The minimum Gasteiger partial charge on any atom is -0.828 e. The van der Waals surface area contributed by atoms with Gasteiger partial charge in [0.05, 0.1) is 0 Å². The largest absolute Gasteiger partial charge is 0.828 e.